The second-order valence-corrected chi connectivity index (χ2v) is 6.37. The van der Waals surface area contributed by atoms with Gasteiger partial charge in [0.1, 0.15) is 11.5 Å². The third-order valence-corrected chi connectivity index (χ3v) is 4.63. The Morgan fingerprint density at radius 1 is 0.714 bits per heavy atom. The predicted molar refractivity (Wildman–Crippen MR) is 112 cm³/mol. The predicted octanol–water partition coefficient (Wildman–Crippen LogP) is 4.94. The van der Waals surface area contributed by atoms with Crippen LogP contribution in [-0.4, -0.2) is 32.5 Å². The molecule has 0 bridgehead atoms. The molecule has 4 nitrogen and oxygen atoms in total. The van der Waals surface area contributed by atoms with Gasteiger partial charge in [0.05, 0.1) is 20.8 Å². The van der Waals surface area contributed by atoms with Crippen molar-refractivity contribution in [1.29, 1.82) is 0 Å². The molecular formula is C24H26O4. The van der Waals surface area contributed by atoms with Crippen LogP contribution in [0.4, 0.5) is 0 Å². The van der Waals surface area contributed by atoms with E-state index in [1.165, 1.54) is 0 Å². The van der Waals surface area contributed by atoms with Crippen molar-refractivity contribution >= 4 is 0 Å². The SMILES string of the molecule is COc1ccccc1-c1cccc(COCCCO)c1-c1ccccc1OC. The van der Waals surface area contributed by atoms with Crippen molar-refractivity contribution in [3.8, 4) is 33.8 Å². The minimum atomic E-state index is 0.126. The van der Waals surface area contributed by atoms with Crippen LogP contribution in [0.25, 0.3) is 22.3 Å². The first-order valence-corrected chi connectivity index (χ1v) is 9.37. The molecule has 0 radical (unpaired) electrons. The molecule has 0 unspecified atom stereocenters. The number of aliphatic hydroxyl groups excluding tert-OH is 1. The molecule has 0 aromatic heterocycles. The van der Waals surface area contributed by atoms with Crippen LogP contribution >= 0.6 is 0 Å². The summed E-state index contributed by atoms with van der Waals surface area (Å²) in [5.74, 6) is 1.62. The second-order valence-electron chi connectivity index (χ2n) is 6.37. The molecule has 3 aromatic rings. The van der Waals surface area contributed by atoms with Crippen LogP contribution in [0.1, 0.15) is 12.0 Å². The van der Waals surface area contributed by atoms with Gasteiger partial charge >= 0.3 is 0 Å². The maximum Gasteiger partial charge on any atom is 0.126 e. The standard InChI is InChI=1S/C24H26O4/c1-26-22-13-5-3-10-19(22)20-12-7-9-18(17-28-16-8-15-25)24(20)21-11-4-6-14-23(21)27-2/h3-7,9-14,25H,8,15-17H2,1-2H3. The second kappa shape index (κ2) is 9.93. The van der Waals surface area contributed by atoms with Crippen LogP contribution in [0.3, 0.4) is 0 Å². The molecule has 0 amide bonds. The van der Waals surface area contributed by atoms with Crippen LogP contribution in [-0.2, 0) is 11.3 Å². The highest BCUT2D eigenvalue weighted by atomic mass is 16.5. The number of hydrogen-bond donors (Lipinski definition) is 1. The van der Waals surface area contributed by atoms with E-state index in [1.54, 1.807) is 14.2 Å². The summed E-state index contributed by atoms with van der Waals surface area (Å²) in [5, 5.41) is 9.00. The topological polar surface area (TPSA) is 47.9 Å². The lowest BCUT2D eigenvalue weighted by Gasteiger charge is -2.19. The van der Waals surface area contributed by atoms with Crippen LogP contribution in [0.2, 0.25) is 0 Å². The van der Waals surface area contributed by atoms with Crippen LogP contribution in [0, 0.1) is 0 Å². The number of rotatable bonds is 9. The Hall–Kier alpha value is -2.82. The minimum Gasteiger partial charge on any atom is -0.496 e. The highest BCUT2D eigenvalue weighted by Crippen LogP contribution is 2.42. The number of hydrogen-bond acceptors (Lipinski definition) is 4. The first-order valence-electron chi connectivity index (χ1n) is 9.37. The number of methoxy groups -OCH3 is 2. The van der Waals surface area contributed by atoms with Crippen molar-refractivity contribution in [2.75, 3.05) is 27.4 Å². The summed E-state index contributed by atoms with van der Waals surface area (Å²) in [5.41, 5.74) is 5.21. The van der Waals surface area contributed by atoms with Gasteiger partial charge in [-0.05, 0) is 35.2 Å². The fourth-order valence-corrected chi connectivity index (χ4v) is 3.33. The Bertz CT molecular complexity index is 905. The van der Waals surface area contributed by atoms with Gasteiger partial charge in [0.25, 0.3) is 0 Å². The minimum absolute atomic E-state index is 0.126. The molecule has 0 atom stereocenters. The van der Waals surface area contributed by atoms with Crippen molar-refractivity contribution in [3.63, 3.8) is 0 Å². The maximum atomic E-state index is 9.00. The molecule has 0 saturated heterocycles. The van der Waals surface area contributed by atoms with E-state index in [4.69, 9.17) is 19.3 Å². The smallest absolute Gasteiger partial charge is 0.126 e. The monoisotopic (exact) mass is 378 g/mol. The Labute approximate surface area is 166 Å². The number of benzene rings is 3. The molecule has 0 aliphatic rings. The highest BCUT2D eigenvalue weighted by molar-refractivity contribution is 5.90. The highest BCUT2D eigenvalue weighted by Gasteiger charge is 2.18. The molecule has 0 aliphatic carbocycles. The lowest BCUT2D eigenvalue weighted by atomic mass is 9.89. The summed E-state index contributed by atoms with van der Waals surface area (Å²) in [7, 11) is 3.37. The van der Waals surface area contributed by atoms with Gasteiger partial charge in [0.15, 0.2) is 0 Å². The summed E-state index contributed by atoms with van der Waals surface area (Å²) in [6, 6.07) is 22.2. The molecule has 0 heterocycles. The normalized spacial score (nSPS) is 10.7. The van der Waals surface area contributed by atoms with Gasteiger partial charge in [-0.25, -0.2) is 0 Å². The van der Waals surface area contributed by atoms with Crippen molar-refractivity contribution in [2.24, 2.45) is 0 Å². The third kappa shape index (κ3) is 4.35. The molecular weight excluding hydrogens is 352 g/mol. The van der Waals surface area contributed by atoms with Crippen molar-refractivity contribution in [2.45, 2.75) is 13.0 Å². The van der Waals surface area contributed by atoms with Crippen molar-refractivity contribution < 1.29 is 19.3 Å². The van der Waals surface area contributed by atoms with Gasteiger partial charge in [-0.2, -0.15) is 0 Å². The van der Waals surface area contributed by atoms with E-state index >= 15 is 0 Å². The summed E-state index contributed by atoms with van der Waals surface area (Å²) in [6.07, 6.45) is 0.621. The van der Waals surface area contributed by atoms with E-state index in [0.717, 1.165) is 39.3 Å². The zero-order valence-corrected chi connectivity index (χ0v) is 16.4. The molecule has 3 aromatic carbocycles. The van der Waals surface area contributed by atoms with Gasteiger partial charge in [-0.3, -0.25) is 0 Å². The van der Waals surface area contributed by atoms with Crippen LogP contribution in [0.5, 0.6) is 11.5 Å². The summed E-state index contributed by atoms with van der Waals surface area (Å²) < 4.78 is 17.1. The average Bonchev–Trinajstić information content (AvgIpc) is 2.76. The Morgan fingerprint density at radius 2 is 1.32 bits per heavy atom. The van der Waals surface area contributed by atoms with Gasteiger partial charge < -0.3 is 19.3 Å². The zero-order chi connectivity index (χ0) is 19.8. The quantitative estimate of drug-likeness (QED) is 0.536. The van der Waals surface area contributed by atoms with E-state index in [0.29, 0.717) is 19.6 Å². The fourth-order valence-electron chi connectivity index (χ4n) is 3.33. The Balaban J connectivity index is 2.17. The molecule has 0 saturated carbocycles. The third-order valence-electron chi connectivity index (χ3n) is 4.63. The van der Waals surface area contributed by atoms with Gasteiger partial charge in [-0.15, -0.1) is 0 Å². The summed E-state index contributed by atoms with van der Waals surface area (Å²) in [6.45, 7) is 1.09. The molecule has 0 aliphatic heterocycles. The van der Waals surface area contributed by atoms with Gasteiger partial charge in [0, 0.05) is 24.3 Å². The average molecular weight is 378 g/mol. The van der Waals surface area contributed by atoms with Gasteiger partial charge in [0.2, 0.25) is 0 Å². The number of aliphatic hydroxyl groups is 1. The molecule has 28 heavy (non-hydrogen) atoms. The molecule has 4 heteroatoms. The molecule has 0 fully saturated rings. The first kappa shape index (κ1) is 19.9. The molecule has 0 spiro atoms. The lowest BCUT2D eigenvalue weighted by molar-refractivity contribution is 0.104. The number of ether oxygens (including phenoxy) is 3. The van der Waals surface area contributed by atoms with E-state index in [1.807, 2.05) is 42.5 Å². The fraction of sp³-hybridized carbons (Fsp3) is 0.250. The van der Waals surface area contributed by atoms with E-state index < -0.39 is 0 Å². The zero-order valence-electron chi connectivity index (χ0n) is 16.4. The van der Waals surface area contributed by atoms with Crippen molar-refractivity contribution in [1.82, 2.24) is 0 Å². The Kier molecular flexibility index (Phi) is 7.06. The first-order chi connectivity index (χ1) is 13.8. The van der Waals surface area contributed by atoms with Crippen molar-refractivity contribution in [3.05, 3.63) is 72.3 Å². The number of para-hydroxylation sites is 2. The summed E-state index contributed by atoms with van der Waals surface area (Å²) >= 11 is 0. The van der Waals surface area contributed by atoms with Crippen LogP contribution < -0.4 is 9.47 Å². The maximum absolute atomic E-state index is 9.00. The molecule has 146 valence electrons. The van der Waals surface area contributed by atoms with E-state index in [-0.39, 0.29) is 6.61 Å². The van der Waals surface area contributed by atoms with E-state index in [2.05, 4.69) is 24.3 Å². The van der Waals surface area contributed by atoms with E-state index in [9.17, 15) is 0 Å². The molecule has 1 N–H and O–H groups in total. The largest absolute Gasteiger partial charge is 0.496 e. The van der Waals surface area contributed by atoms with Crippen LogP contribution in [0.15, 0.2) is 66.7 Å². The Morgan fingerprint density at radius 3 is 2.00 bits per heavy atom. The lowest BCUT2D eigenvalue weighted by Crippen LogP contribution is -2.01. The summed E-state index contributed by atoms with van der Waals surface area (Å²) in [4.78, 5) is 0. The molecule has 3 rings (SSSR count). The van der Waals surface area contributed by atoms with Gasteiger partial charge in [-0.1, -0.05) is 54.6 Å².